The van der Waals surface area contributed by atoms with Crippen LogP contribution in [-0.2, 0) is 49.8 Å². The molecule has 18 nitrogen and oxygen atoms in total. The molecule has 0 saturated heterocycles. The van der Waals surface area contributed by atoms with Crippen molar-refractivity contribution in [3.63, 3.8) is 0 Å². The van der Waals surface area contributed by atoms with Gasteiger partial charge in [-0.05, 0) is 49.1 Å². The number of hydrogen-bond acceptors (Lipinski definition) is 11. The third kappa shape index (κ3) is 18.9. The fourth-order valence-corrected chi connectivity index (χ4v) is 6.30. The Labute approximate surface area is 329 Å². The first-order chi connectivity index (χ1) is 25.7. The second-order valence-corrected chi connectivity index (χ2v) is 17.9. The summed E-state index contributed by atoms with van der Waals surface area (Å²) in [7, 11) is -5.36. The summed E-state index contributed by atoms with van der Waals surface area (Å²) in [6.45, 7) is 13.1. The van der Waals surface area contributed by atoms with E-state index >= 15 is 0 Å². The molecule has 0 aliphatic carbocycles. The van der Waals surface area contributed by atoms with Crippen LogP contribution < -0.4 is 31.9 Å². The fourth-order valence-electron chi connectivity index (χ4n) is 5.64. The van der Waals surface area contributed by atoms with Crippen molar-refractivity contribution in [2.45, 2.75) is 124 Å². The molecule has 20 heteroatoms. The molecule has 0 heterocycles. The number of carboxylic acid groups (broad SMARTS) is 1. The van der Waals surface area contributed by atoms with Gasteiger partial charge in [0.1, 0.15) is 40.0 Å². The molecule has 1 aromatic rings. The van der Waals surface area contributed by atoms with Gasteiger partial charge in [-0.3, -0.25) is 33.6 Å². The van der Waals surface area contributed by atoms with Crippen LogP contribution in [0.5, 0.6) is 0 Å². The van der Waals surface area contributed by atoms with E-state index in [0.29, 0.717) is 5.56 Å². The third-order valence-electron chi connectivity index (χ3n) is 8.51. The third-order valence-corrected chi connectivity index (χ3v) is 9.49. The molecule has 9 N–H and O–H groups in total. The zero-order valence-electron chi connectivity index (χ0n) is 33.6. The molecule has 1 rings (SSSR count). The summed E-state index contributed by atoms with van der Waals surface area (Å²) >= 11 is 0. The fraction of sp³-hybridized carbons (Fsp3) is 0.639. The molecule has 0 aliphatic rings. The van der Waals surface area contributed by atoms with E-state index in [1.54, 1.807) is 58.9 Å². The Hall–Kier alpha value is -4.56. The largest absolute Gasteiger partial charge is 0.481 e. The number of sulfone groups is 1. The lowest BCUT2D eigenvalue weighted by molar-refractivity contribution is -0.141. The lowest BCUT2D eigenvalue weighted by Crippen LogP contribution is -2.62. The van der Waals surface area contributed by atoms with Gasteiger partial charge in [0, 0.05) is 32.0 Å². The number of carboxylic acids is 1. The molecule has 0 radical (unpaired) electrons. The monoisotopic (exact) mass is 810 g/mol. The maximum atomic E-state index is 14.2. The zero-order chi connectivity index (χ0) is 43.1. The Morgan fingerprint density at radius 2 is 1.27 bits per heavy atom. The number of carbonyl (C=O) groups excluding carboxylic acids is 6. The van der Waals surface area contributed by atoms with Crippen LogP contribution >= 0.6 is 0 Å². The molecular weight excluding hydrogens is 751 g/mol. The van der Waals surface area contributed by atoms with Crippen LogP contribution in [0.4, 0.5) is 0 Å². The molecule has 0 saturated carbocycles. The first-order valence-electron chi connectivity index (χ1n) is 18.3. The van der Waals surface area contributed by atoms with Crippen molar-refractivity contribution >= 4 is 58.4 Å². The Morgan fingerprint density at radius 3 is 1.77 bits per heavy atom. The van der Waals surface area contributed by atoms with E-state index in [1.165, 1.54) is 0 Å². The van der Waals surface area contributed by atoms with Gasteiger partial charge < -0.3 is 47.1 Å². The van der Waals surface area contributed by atoms with E-state index in [9.17, 15) is 57.1 Å². The van der Waals surface area contributed by atoms with Crippen molar-refractivity contribution in [3.05, 3.63) is 35.4 Å². The number of amides is 6. The molecule has 0 bridgehead atoms. The van der Waals surface area contributed by atoms with Crippen molar-refractivity contribution in [3.8, 4) is 0 Å². The maximum absolute atomic E-state index is 14.2. The summed E-state index contributed by atoms with van der Waals surface area (Å²) in [5.74, 6) is -7.02. The average molecular weight is 811 g/mol. The molecule has 0 aromatic heterocycles. The summed E-state index contributed by atoms with van der Waals surface area (Å²) in [6, 6.07) is -0.639. The lowest BCUT2D eigenvalue weighted by Gasteiger charge is -2.34. The van der Waals surface area contributed by atoms with Crippen LogP contribution in [0.2, 0.25) is 6.32 Å². The van der Waals surface area contributed by atoms with Gasteiger partial charge in [0.25, 0.3) is 0 Å². The number of nitrogens with one attached hydrogen (secondary N) is 6. The second kappa shape index (κ2) is 22.3. The quantitative estimate of drug-likeness (QED) is 0.0636. The Bertz CT molecular complexity index is 1650. The lowest BCUT2D eigenvalue weighted by atomic mass is 9.82. The van der Waals surface area contributed by atoms with Gasteiger partial charge >= 0.3 is 13.1 Å². The molecule has 0 unspecified atom stereocenters. The van der Waals surface area contributed by atoms with Crippen LogP contribution in [0, 0.1) is 18.3 Å². The average Bonchev–Trinajstić information content (AvgIpc) is 3.03. The van der Waals surface area contributed by atoms with Crippen molar-refractivity contribution < 1.29 is 57.1 Å². The van der Waals surface area contributed by atoms with Crippen molar-refractivity contribution in [2.24, 2.45) is 11.3 Å². The van der Waals surface area contributed by atoms with Crippen LogP contribution in [0.1, 0.15) is 78.9 Å². The second-order valence-electron chi connectivity index (χ2n) is 15.6. The maximum Gasteiger partial charge on any atom is 0.453 e. The van der Waals surface area contributed by atoms with E-state index < -0.39 is 119 Å². The van der Waals surface area contributed by atoms with Crippen LogP contribution in [0.15, 0.2) is 24.3 Å². The first kappa shape index (κ1) is 49.5. The predicted octanol–water partition coefficient (Wildman–Crippen LogP) is -1.04. The number of aliphatic carboxylic acids is 1. The van der Waals surface area contributed by atoms with Crippen molar-refractivity contribution in [2.75, 3.05) is 12.0 Å². The Morgan fingerprint density at radius 1 is 0.750 bits per heavy atom. The number of rotatable bonds is 22. The topological polar surface area (TPSA) is 286 Å². The van der Waals surface area contributed by atoms with E-state index in [2.05, 4.69) is 31.9 Å². The van der Waals surface area contributed by atoms with Crippen LogP contribution in [-0.4, -0.2) is 120 Å². The molecule has 6 atom stereocenters. The highest BCUT2D eigenvalue weighted by molar-refractivity contribution is 7.90. The minimum atomic E-state index is -3.69. The van der Waals surface area contributed by atoms with Crippen molar-refractivity contribution in [1.29, 1.82) is 0 Å². The number of aryl methyl sites for hydroxylation is 1. The summed E-state index contributed by atoms with van der Waals surface area (Å²) in [4.78, 5) is 91.5. The molecule has 0 fully saturated rings. The SMILES string of the molecule is CC(=O)N[C@@H](CC(=O)O)C(=O)N[C@@H](CCS(C)(=O)=O)C(=O)N[C@@H](Cc1ccccc1C)C(=O)N[C@H](C(=O)N[C@@H](CC(C)C)C(=O)N[C@H](C)CB(O)O)C(C)(C)C. The zero-order valence-corrected chi connectivity index (χ0v) is 34.4. The Balaban J connectivity index is 3.56. The molecule has 314 valence electrons. The van der Waals surface area contributed by atoms with Gasteiger partial charge in [0.05, 0.1) is 12.2 Å². The van der Waals surface area contributed by atoms with E-state index in [0.717, 1.165) is 18.7 Å². The molecule has 0 aliphatic heterocycles. The number of carbonyl (C=O) groups is 7. The minimum absolute atomic E-state index is 0.0602. The highest BCUT2D eigenvalue weighted by Crippen LogP contribution is 2.21. The molecule has 6 amide bonds. The smallest absolute Gasteiger partial charge is 0.453 e. The van der Waals surface area contributed by atoms with E-state index in [4.69, 9.17) is 0 Å². The summed E-state index contributed by atoms with van der Waals surface area (Å²) < 4.78 is 24.2. The highest BCUT2D eigenvalue weighted by atomic mass is 32.2. The predicted molar refractivity (Wildman–Crippen MR) is 208 cm³/mol. The van der Waals surface area contributed by atoms with E-state index in [-0.39, 0.29) is 25.1 Å². The van der Waals surface area contributed by atoms with Gasteiger partial charge in [0.2, 0.25) is 35.4 Å². The molecule has 56 heavy (non-hydrogen) atoms. The number of hydrogen-bond donors (Lipinski definition) is 9. The molecule has 0 spiro atoms. The van der Waals surface area contributed by atoms with Gasteiger partial charge in [-0.2, -0.15) is 0 Å². The van der Waals surface area contributed by atoms with Crippen LogP contribution in [0.3, 0.4) is 0 Å². The van der Waals surface area contributed by atoms with Crippen molar-refractivity contribution in [1.82, 2.24) is 31.9 Å². The number of benzene rings is 1. The minimum Gasteiger partial charge on any atom is -0.481 e. The van der Waals surface area contributed by atoms with Crippen LogP contribution in [0.25, 0.3) is 0 Å². The van der Waals surface area contributed by atoms with Gasteiger partial charge in [-0.15, -0.1) is 0 Å². The molecule has 1 aromatic carbocycles. The standard InChI is InChI=1S/C36H59BN6O12S/c1-20(2)16-26(32(48)38-22(4)19-37(52)53)42-35(51)30(36(6,7)8)43-34(50)27(17-24-13-11-10-12-21(24)3)41-31(47)25(14-15-56(9,54)55)40-33(49)28(18-29(45)46)39-23(5)44/h10-13,20,22,25-28,30,52-53H,14-19H2,1-9H3,(H,38,48)(H,39,44)(H,40,49)(H,41,47)(H,42,51)(H,43,50)(H,45,46)/t22-,25+,26+,27+,28+,30-/m1/s1. The first-order valence-corrected chi connectivity index (χ1v) is 20.3. The Kier molecular flexibility index (Phi) is 19.7. The summed E-state index contributed by atoms with van der Waals surface area (Å²) in [5, 5.41) is 43.1. The molecular formula is C36H59BN6O12S. The summed E-state index contributed by atoms with van der Waals surface area (Å²) in [6.07, 6.45) is -0.466. The van der Waals surface area contributed by atoms with Gasteiger partial charge in [-0.25, -0.2) is 8.42 Å². The highest BCUT2D eigenvalue weighted by Gasteiger charge is 2.38. The van der Waals surface area contributed by atoms with Gasteiger partial charge in [0.15, 0.2) is 0 Å². The summed E-state index contributed by atoms with van der Waals surface area (Å²) in [5.41, 5.74) is 0.423. The van der Waals surface area contributed by atoms with Gasteiger partial charge in [-0.1, -0.05) is 58.9 Å². The normalized spacial score (nSPS) is 14.9. The van der Waals surface area contributed by atoms with E-state index in [1.807, 2.05) is 13.8 Å².